The standard InChI is InChI=1S/C22H34/c1-15-5-11-21(17(3)13-15)19-7-9-20(10-8-19)22-12-6-16(2)14-18(22)4/h7-12,15-22H,5-6,13-14H2,1-4H3. The molecule has 3 rings (SSSR count). The summed E-state index contributed by atoms with van der Waals surface area (Å²) in [4.78, 5) is 0. The minimum atomic E-state index is 0.650. The lowest BCUT2D eigenvalue weighted by Gasteiger charge is -2.44. The Balaban J connectivity index is 1.50. The summed E-state index contributed by atoms with van der Waals surface area (Å²) in [6, 6.07) is 0. The molecule has 3 saturated carbocycles. The second-order valence-corrected chi connectivity index (χ2v) is 8.66. The van der Waals surface area contributed by atoms with Crippen molar-refractivity contribution in [2.75, 3.05) is 0 Å². The predicted molar refractivity (Wildman–Crippen MR) is 94.9 cm³/mol. The molecule has 0 heterocycles. The average molecular weight is 299 g/mol. The maximum absolute atomic E-state index is 2.61. The van der Waals surface area contributed by atoms with Crippen molar-refractivity contribution in [1.82, 2.24) is 0 Å². The van der Waals surface area contributed by atoms with Gasteiger partial charge in [0.1, 0.15) is 0 Å². The summed E-state index contributed by atoms with van der Waals surface area (Å²) < 4.78 is 0. The molecule has 0 aromatic carbocycles. The van der Waals surface area contributed by atoms with Crippen molar-refractivity contribution in [2.24, 2.45) is 47.3 Å². The number of hydrogen-bond acceptors (Lipinski definition) is 0. The minimum absolute atomic E-state index is 0.650. The molecule has 0 bridgehead atoms. The van der Waals surface area contributed by atoms with Gasteiger partial charge in [-0.2, -0.15) is 0 Å². The van der Waals surface area contributed by atoms with E-state index >= 15 is 0 Å². The Morgan fingerprint density at radius 1 is 0.591 bits per heavy atom. The molecule has 0 amide bonds. The van der Waals surface area contributed by atoms with Crippen LogP contribution in [0.3, 0.4) is 0 Å². The Labute approximate surface area is 139 Å². The molecule has 0 N–H and O–H groups in total. The Kier molecular flexibility index (Phi) is 5.56. The highest BCUT2D eigenvalue weighted by atomic mass is 14.4. The summed E-state index contributed by atoms with van der Waals surface area (Å²) in [5, 5.41) is 0. The van der Waals surface area contributed by atoms with Crippen molar-refractivity contribution in [3.05, 3.63) is 38.5 Å². The molecule has 0 saturated heterocycles. The van der Waals surface area contributed by atoms with Gasteiger partial charge < -0.3 is 0 Å². The lowest BCUT2D eigenvalue weighted by atomic mass is 9.61. The smallest absolute Gasteiger partial charge is 0.0312 e. The second-order valence-electron chi connectivity index (χ2n) is 8.66. The van der Waals surface area contributed by atoms with E-state index in [1.807, 2.05) is 0 Å². The van der Waals surface area contributed by atoms with Crippen LogP contribution in [0.2, 0.25) is 0 Å². The zero-order chi connectivity index (χ0) is 15.7. The van der Waals surface area contributed by atoms with Crippen LogP contribution in [0.5, 0.6) is 0 Å². The van der Waals surface area contributed by atoms with Crippen molar-refractivity contribution >= 4 is 0 Å². The van der Waals surface area contributed by atoms with Gasteiger partial charge in [-0.1, -0.05) is 27.7 Å². The maximum atomic E-state index is 2.61. The summed E-state index contributed by atoms with van der Waals surface area (Å²) in [5.74, 6) is 6.26. The molecule has 22 heavy (non-hydrogen) atoms. The third-order valence-corrected chi connectivity index (χ3v) is 6.48. The first-order valence-corrected chi connectivity index (χ1v) is 9.58. The zero-order valence-corrected chi connectivity index (χ0v) is 14.9. The van der Waals surface area contributed by atoms with E-state index in [2.05, 4.69) is 66.2 Å². The lowest BCUT2D eigenvalue weighted by Crippen LogP contribution is -2.36. The van der Waals surface area contributed by atoms with E-state index in [4.69, 9.17) is 0 Å². The van der Waals surface area contributed by atoms with Crippen molar-refractivity contribution in [3.63, 3.8) is 0 Å². The molecule has 0 aliphatic heterocycles. The van der Waals surface area contributed by atoms with Gasteiger partial charge in [-0.05, 0) is 112 Å². The fourth-order valence-corrected chi connectivity index (χ4v) is 5.25. The van der Waals surface area contributed by atoms with Crippen LogP contribution >= 0.6 is 0 Å². The van der Waals surface area contributed by atoms with E-state index in [1.165, 1.54) is 25.7 Å². The molecule has 3 aliphatic rings. The maximum Gasteiger partial charge on any atom is -0.0312 e. The van der Waals surface area contributed by atoms with Crippen LogP contribution in [0.25, 0.3) is 0 Å². The number of rotatable bonds is 2. The van der Waals surface area contributed by atoms with Crippen LogP contribution in [0, 0.1) is 85.9 Å². The fourth-order valence-electron chi connectivity index (χ4n) is 5.25. The van der Waals surface area contributed by atoms with Gasteiger partial charge in [0.05, 0.1) is 0 Å². The normalized spacial score (nSPS) is 50.7. The van der Waals surface area contributed by atoms with Crippen LogP contribution in [0.1, 0.15) is 53.4 Å². The Hall–Kier alpha value is 0. The summed E-state index contributed by atoms with van der Waals surface area (Å²) >= 11 is 0. The van der Waals surface area contributed by atoms with Crippen molar-refractivity contribution in [3.8, 4) is 0 Å². The highest BCUT2D eigenvalue weighted by Crippen LogP contribution is 2.46. The van der Waals surface area contributed by atoms with E-state index in [9.17, 15) is 0 Å². The van der Waals surface area contributed by atoms with Crippen molar-refractivity contribution < 1.29 is 0 Å². The second kappa shape index (κ2) is 7.27. The van der Waals surface area contributed by atoms with Crippen LogP contribution in [-0.4, -0.2) is 0 Å². The summed E-state index contributed by atoms with van der Waals surface area (Å²) in [6.07, 6.45) is 20.7. The number of hydrogen-bond donors (Lipinski definition) is 0. The van der Waals surface area contributed by atoms with Gasteiger partial charge in [0.15, 0.2) is 0 Å². The van der Waals surface area contributed by atoms with Crippen LogP contribution < -0.4 is 0 Å². The van der Waals surface area contributed by atoms with Crippen LogP contribution in [0.15, 0.2) is 0 Å². The molecule has 0 nitrogen and oxygen atoms in total. The van der Waals surface area contributed by atoms with E-state index in [-0.39, 0.29) is 0 Å². The molecular weight excluding hydrogens is 264 g/mol. The topological polar surface area (TPSA) is 0 Å². The fraction of sp³-hybridized carbons (Fsp3) is 0.727. The van der Waals surface area contributed by atoms with Gasteiger partial charge >= 0.3 is 0 Å². The van der Waals surface area contributed by atoms with Crippen molar-refractivity contribution in [2.45, 2.75) is 53.4 Å². The van der Waals surface area contributed by atoms with Crippen LogP contribution in [-0.2, 0) is 0 Å². The largest absolute Gasteiger partial charge is 0.0625 e. The quantitative estimate of drug-likeness (QED) is 0.602. The molecule has 3 fully saturated rings. The summed E-state index contributed by atoms with van der Waals surface area (Å²) in [7, 11) is 0. The van der Waals surface area contributed by atoms with E-state index in [0.29, 0.717) is 11.8 Å². The zero-order valence-electron chi connectivity index (χ0n) is 14.9. The first-order chi connectivity index (χ1) is 10.5. The third kappa shape index (κ3) is 3.73. The molecular formula is C22H34. The van der Waals surface area contributed by atoms with E-state index in [0.717, 1.165) is 35.5 Å². The van der Waals surface area contributed by atoms with Crippen LogP contribution in [0.4, 0.5) is 0 Å². The van der Waals surface area contributed by atoms with E-state index in [1.54, 1.807) is 0 Å². The van der Waals surface area contributed by atoms with Gasteiger partial charge in [-0.25, -0.2) is 0 Å². The molecule has 0 heteroatoms. The van der Waals surface area contributed by atoms with Gasteiger partial charge in [-0.3, -0.25) is 0 Å². The average Bonchev–Trinajstić information content (AvgIpc) is 2.48. The molecule has 6 atom stereocenters. The minimum Gasteiger partial charge on any atom is -0.0625 e. The first kappa shape index (κ1) is 16.8. The van der Waals surface area contributed by atoms with Gasteiger partial charge in [0.2, 0.25) is 0 Å². The molecule has 122 valence electrons. The molecule has 6 radical (unpaired) electrons. The van der Waals surface area contributed by atoms with Gasteiger partial charge in [0, 0.05) is 0 Å². The molecule has 6 unspecified atom stereocenters. The SMILES string of the molecule is CC1C[CH]C(C2[CH][CH]C(C3[CH]CC(C)CC3C)[CH][CH]2)C(C)C1. The Morgan fingerprint density at radius 3 is 1.27 bits per heavy atom. The molecule has 0 aromatic rings. The Morgan fingerprint density at radius 2 is 0.955 bits per heavy atom. The van der Waals surface area contributed by atoms with Gasteiger partial charge in [-0.15, -0.1) is 0 Å². The monoisotopic (exact) mass is 298 g/mol. The summed E-state index contributed by atoms with van der Waals surface area (Å²) in [6.45, 7) is 9.69. The summed E-state index contributed by atoms with van der Waals surface area (Å²) in [5.41, 5.74) is 0. The molecule has 0 spiro atoms. The highest BCUT2D eigenvalue weighted by molar-refractivity contribution is 5.21. The van der Waals surface area contributed by atoms with Gasteiger partial charge in [0.25, 0.3) is 0 Å². The molecule has 3 aliphatic carbocycles. The first-order valence-electron chi connectivity index (χ1n) is 9.58. The Bertz CT molecular complexity index is 304. The molecule has 0 aromatic heterocycles. The highest BCUT2D eigenvalue weighted by Gasteiger charge is 2.38. The predicted octanol–water partition coefficient (Wildman–Crippen LogP) is 5.82. The van der Waals surface area contributed by atoms with Crippen molar-refractivity contribution in [1.29, 1.82) is 0 Å². The lowest BCUT2D eigenvalue weighted by molar-refractivity contribution is 0.200. The van der Waals surface area contributed by atoms with E-state index < -0.39 is 0 Å². The third-order valence-electron chi connectivity index (χ3n) is 6.48.